The fraction of sp³-hybridized carbons (Fsp3) is 0.188. The van der Waals surface area contributed by atoms with Gasteiger partial charge in [-0.3, -0.25) is 14.4 Å². The predicted octanol–water partition coefficient (Wildman–Crippen LogP) is 1.14. The molecule has 0 radical (unpaired) electrons. The predicted molar refractivity (Wildman–Crippen MR) is 85.6 cm³/mol. The molecule has 2 amide bonds. The first-order chi connectivity index (χ1) is 11.1. The van der Waals surface area contributed by atoms with E-state index in [1.807, 2.05) is 6.92 Å². The van der Waals surface area contributed by atoms with E-state index in [9.17, 15) is 14.4 Å². The zero-order chi connectivity index (χ0) is 16.7. The lowest BCUT2D eigenvalue weighted by atomic mass is 10.2. The average molecular weight is 315 g/mol. The molecule has 0 saturated carbocycles. The van der Waals surface area contributed by atoms with Crippen molar-refractivity contribution < 1.29 is 14.3 Å². The van der Waals surface area contributed by atoms with Gasteiger partial charge in [-0.05, 0) is 37.3 Å². The summed E-state index contributed by atoms with van der Waals surface area (Å²) in [5, 5.41) is 5.10. The van der Waals surface area contributed by atoms with Gasteiger partial charge < -0.3 is 20.4 Å². The first-order valence-electron chi connectivity index (χ1n) is 7.08. The maximum absolute atomic E-state index is 11.8. The quantitative estimate of drug-likeness (QED) is 0.744. The second-order valence-corrected chi connectivity index (χ2v) is 4.63. The van der Waals surface area contributed by atoms with Gasteiger partial charge in [0.25, 0.3) is 5.91 Å². The van der Waals surface area contributed by atoms with Crippen LogP contribution in [0.1, 0.15) is 17.3 Å². The van der Waals surface area contributed by atoms with Crippen LogP contribution in [0, 0.1) is 0 Å². The Hall–Kier alpha value is -3.09. The van der Waals surface area contributed by atoms with Crippen molar-refractivity contribution in [2.75, 3.05) is 18.5 Å². The molecular formula is C16H17N3O4. The van der Waals surface area contributed by atoms with E-state index in [2.05, 4.69) is 15.6 Å². The summed E-state index contributed by atoms with van der Waals surface area (Å²) in [5.74, 6) is -0.140. The van der Waals surface area contributed by atoms with Crippen LogP contribution in [0.4, 0.5) is 5.69 Å². The number of anilines is 1. The molecule has 0 aliphatic heterocycles. The van der Waals surface area contributed by atoms with Gasteiger partial charge in [-0.15, -0.1) is 0 Å². The maximum Gasteiger partial charge on any atom is 0.251 e. The van der Waals surface area contributed by atoms with Crippen molar-refractivity contribution in [3.8, 4) is 5.75 Å². The Labute approximate surface area is 132 Å². The molecule has 0 unspecified atom stereocenters. The Bertz CT molecular complexity index is 737. The lowest BCUT2D eigenvalue weighted by molar-refractivity contribution is -0.115. The highest BCUT2D eigenvalue weighted by molar-refractivity contribution is 5.99. The van der Waals surface area contributed by atoms with Crippen molar-refractivity contribution in [2.24, 2.45) is 0 Å². The van der Waals surface area contributed by atoms with Crippen molar-refractivity contribution in [1.29, 1.82) is 0 Å². The highest BCUT2D eigenvalue weighted by Crippen LogP contribution is 2.15. The van der Waals surface area contributed by atoms with Gasteiger partial charge in [0, 0.05) is 23.5 Å². The van der Waals surface area contributed by atoms with E-state index >= 15 is 0 Å². The number of H-pyrrole nitrogens is 1. The van der Waals surface area contributed by atoms with Crippen molar-refractivity contribution in [3.05, 3.63) is 58.5 Å². The molecule has 3 N–H and O–H groups in total. The first kappa shape index (κ1) is 16.3. The number of carbonyl (C=O) groups is 2. The van der Waals surface area contributed by atoms with E-state index in [0.29, 0.717) is 18.0 Å². The lowest BCUT2D eigenvalue weighted by Crippen LogP contribution is -2.33. The largest absolute Gasteiger partial charge is 0.494 e. The van der Waals surface area contributed by atoms with E-state index in [0.717, 1.165) is 0 Å². The van der Waals surface area contributed by atoms with Crippen molar-refractivity contribution in [1.82, 2.24) is 10.3 Å². The van der Waals surface area contributed by atoms with E-state index in [4.69, 9.17) is 4.74 Å². The molecule has 0 aliphatic carbocycles. The van der Waals surface area contributed by atoms with E-state index in [1.54, 1.807) is 24.3 Å². The third-order valence-corrected chi connectivity index (χ3v) is 2.90. The first-order valence-corrected chi connectivity index (χ1v) is 7.08. The number of benzene rings is 1. The fourth-order valence-corrected chi connectivity index (χ4v) is 1.85. The number of hydrogen-bond donors (Lipinski definition) is 3. The van der Waals surface area contributed by atoms with E-state index in [-0.39, 0.29) is 23.6 Å². The molecule has 7 heteroatoms. The molecule has 2 rings (SSSR count). The number of hydrogen-bond acceptors (Lipinski definition) is 4. The van der Waals surface area contributed by atoms with Crippen LogP contribution in [0.3, 0.4) is 0 Å². The number of amides is 2. The van der Waals surface area contributed by atoms with Gasteiger partial charge >= 0.3 is 0 Å². The molecule has 2 aromatic rings. The molecule has 0 fully saturated rings. The Morgan fingerprint density at radius 2 is 1.91 bits per heavy atom. The zero-order valence-corrected chi connectivity index (χ0v) is 12.6. The minimum atomic E-state index is -0.488. The van der Waals surface area contributed by atoms with Crippen molar-refractivity contribution >= 4 is 17.5 Å². The Morgan fingerprint density at radius 1 is 1.17 bits per heavy atom. The molecule has 120 valence electrons. The number of nitrogens with one attached hydrogen (secondary N) is 3. The highest BCUT2D eigenvalue weighted by Gasteiger charge is 2.08. The second kappa shape index (κ2) is 7.79. The zero-order valence-electron chi connectivity index (χ0n) is 12.6. The van der Waals surface area contributed by atoms with Crippen LogP contribution >= 0.6 is 0 Å². The number of ether oxygens (including phenoxy) is 1. The topological polar surface area (TPSA) is 100 Å². The Kier molecular flexibility index (Phi) is 5.51. The minimum absolute atomic E-state index is 0.196. The SMILES string of the molecule is CCOc1ccc(NC(=O)CNC(=O)c2cc[nH]c(=O)c2)cc1. The molecule has 1 aromatic carbocycles. The van der Waals surface area contributed by atoms with Crippen LogP contribution in [0.5, 0.6) is 5.75 Å². The average Bonchev–Trinajstić information content (AvgIpc) is 2.55. The summed E-state index contributed by atoms with van der Waals surface area (Å²) in [7, 11) is 0. The summed E-state index contributed by atoms with van der Waals surface area (Å²) in [5.41, 5.74) is 0.419. The fourth-order valence-electron chi connectivity index (χ4n) is 1.85. The van der Waals surface area contributed by atoms with Gasteiger partial charge in [0.2, 0.25) is 11.5 Å². The molecule has 1 heterocycles. The molecular weight excluding hydrogens is 298 g/mol. The molecule has 0 bridgehead atoms. The molecule has 7 nitrogen and oxygen atoms in total. The third-order valence-electron chi connectivity index (χ3n) is 2.90. The van der Waals surface area contributed by atoms with Crippen LogP contribution < -0.4 is 20.9 Å². The van der Waals surface area contributed by atoms with Crippen molar-refractivity contribution in [3.63, 3.8) is 0 Å². The van der Waals surface area contributed by atoms with Crippen LogP contribution in [0.25, 0.3) is 0 Å². The standard InChI is InChI=1S/C16H17N3O4/c1-2-23-13-5-3-12(4-6-13)19-15(21)10-18-16(22)11-7-8-17-14(20)9-11/h3-9H,2,10H2,1H3,(H,17,20)(H,18,22)(H,19,21). The molecule has 0 atom stereocenters. The number of aromatic amines is 1. The Morgan fingerprint density at radius 3 is 2.57 bits per heavy atom. The number of pyridine rings is 1. The van der Waals surface area contributed by atoms with Gasteiger partial charge in [-0.1, -0.05) is 0 Å². The minimum Gasteiger partial charge on any atom is -0.494 e. The smallest absolute Gasteiger partial charge is 0.251 e. The third kappa shape index (κ3) is 4.99. The maximum atomic E-state index is 11.8. The second-order valence-electron chi connectivity index (χ2n) is 4.63. The van der Waals surface area contributed by atoms with Gasteiger partial charge in [0.05, 0.1) is 13.2 Å². The van der Waals surface area contributed by atoms with Gasteiger partial charge in [-0.25, -0.2) is 0 Å². The van der Waals surface area contributed by atoms with Gasteiger partial charge in [0.15, 0.2) is 0 Å². The summed E-state index contributed by atoms with van der Waals surface area (Å²) in [6, 6.07) is 9.53. The summed E-state index contributed by atoms with van der Waals surface area (Å²) in [6.07, 6.45) is 1.37. The summed E-state index contributed by atoms with van der Waals surface area (Å²) in [6.45, 7) is 2.26. The van der Waals surface area contributed by atoms with E-state index < -0.39 is 5.91 Å². The van der Waals surface area contributed by atoms with Gasteiger partial charge in [0.1, 0.15) is 5.75 Å². The summed E-state index contributed by atoms with van der Waals surface area (Å²) < 4.78 is 5.31. The summed E-state index contributed by atoms with van der Waals surface area (Å²) >= 11 is 0. The Balaban J connectivity index is 1.85. The number of rotatable bonds is 6. The highest BCUT2D eigenvalue weighted by atomic mass is 16.5. The normalized spacial score (nSPS) is 9.96. The van der Waals surface area contributed by atoms with Gasteiger partial charge in [-0.2, -0.15) is 0 Å². The number of aromatic nitrogens is 1. The molecule has 23 heavy (non-hydrogen) atoms. The molecule has 0 saturated heterocycles. The van der Waals surface area contributed by atoms with Crippen LogP contribution in [-0.2, 0) is 4.79 Å². The lowest BCUT2D eigenvalue weighted by Gasteiger charge is -2.08. The molecule has 0 aliphatic rings. The molecule has 1 aromatic heterocycles. The van der Waals surface area contributed by atoms with E-state index in [1.165, 1.54) is 18.3 Å². The summed E-state index contributed by atoms with van der Waals surface area (Å²) in [4.78, 5) is 37.1. The van der Waals surface area contributed by atoms with Crippen LogP contribution in [0.2, 0.25) is 0 Å². The van der Waals surface area contributed by atoms with Crippen LogP contribution in [0.15, 0.2) is 47.4 Å². The van der Waals surface area contributed by atoms with Crippen molar-refractivity contribution in [2.45, 2.75) is 6.92 Å². The number of carbonyl (C=O) groups excluding carboxylic acids is 2. The monoisotopic (exact) mass is 315 g/mol. The molecule has 0 spiro atoms. The van der Waals surface area contributed by atoms with Crippen LogP contribution in [-0.4, -0.2) is 29.9 Å².